The van der Waals surface area contributed by atoms with Crippen LogP contribution >= 0.6 is 11.3 Å². The van der Waals surface area contributed by atoms with Gasteiger partial charge in [-0.15, -0.1) is 11.3 Å². The van der Waals surface area contributed by atoms with Gasteiger partial charge in [0.15, 0.2) is 0 Å². The van der Waals surface area contributed by atoms with E-state index in [1.54, 1.807) is 5.56 Å². The molecule has 1 aromatic heterocycles. The largest absolute Gasteiger partial charge is 0.352 e. The lowest BCUT2D eigenvalue weighted by atomic mass is 9.91. The minimum Gasteiger partial charge on any atom is -0.352 e. The molecule has 0 unspecified atom stereocenters. The molecule has 0 spiro atoms. The molecule has 2 heterocycles. The SMILES string of the molecule is CCc1c(C)sc2c1CCN(CC(=O)NC1CCCC1)[C@@H]2c1ccccc1. The molecule has 3 nitrogen and oxygen atoms in total. The summed E-state index contributed by atoms with van der Waals surface area (Å²) >= 11 is 1.93. The highest BCUT2D eigenvalue weighted by molar-refractivity contribution is 7.12. The lowest BCUT2D eigenvalue weighted by Gasteiger charge is -2.36. The molecule has 1 aliphatic heterocycles. The summed E-state index contributed by atoms with van der Waals surface area (Å²) in [5, 5.41) is 3.27. The number of amides is 1. The van der Waals surface area contributed by atoms with Gasteiger partial charge in [-0.05, 0) is 49.3 Å². The Kier molecular flexibility index (Phi) is 5.65. The van der Waals surface area contributed by atoms with Crippen LogP contribution in [0, 0.1) is 6.92 Å². The van der Waals surface area contributed by atoms with E-state index in [1.165, 1.54) is 33.7 Å². The Morgan fingerprint density at radius 1 is 1.22 bits per heavy atom. The first-order chi connectivity index (χ1) is 13.2. The first-order valence-corrected chi connectivity index (χ1v) is 11.2. The van der Waals surface area contributed by atoms with Gasteiger partial charge in [-0.25, -0.2) is 0 Å². The molecule has 2 aromatic rings. The molecular formula is C23H30N2OS. The molecule has 1 atom stereocenters. The maximum absolute atomic E-state index is 12.7. The molecule has 0 bridgehead atoms. The van der Waals surface area contributed by atoms with Crippen molar-refractivity contribution in [3.05, 3.63) is 56.8 Å². The van der Waals surface area contributed by atoms with Crippen LogP contribution in [0.1, 0.15) is 65.1 Å². The highest BCUT2D eigenvalue weighted by Gasteiger charge is 2.33. The summed E-state index contributed by atoms with van der Waals surface area (Å²) in [6, 6.07) is 11.3. The first-order valence-electron chi connectivity index (χ1n) is 10.4. The number of rotatable bonds is 5. The van der Waals surface area contributed by atoms with Gasteiger partial charge in [-0.3, -0.25) is 9.69 Å². The van der Waals surface area contributed by atoms with Crippen LogP contribution in [-0.2, 0) is 17.6 Å². The summed E-state index contributed by atoms with van der Waals surface area (Å²) in [5.41, 5.74) is 4.38. The third-order valence-corrected chi connectivity index (χ3v) is 7.39. The lowest BCUT2D eigenvalue weighted by molar-refractivity contribution is -0.123. The van der Waals surface area contributed by atoms with Crippen molar-refractivity contribution in [1.82, 2.24) is 10.2 Å². The van der Waals surface area contributed by atoms with E-state index >= 15 is 0 Å². The Morgan fingerprint density at radius 3 is 2.67 bits per heavy atom. The molecule has 1 saturated carbocycles. The second kappa shape index (κ2) is 8.15. The Bertz CT molecular complexity index is 792. The maximum atomic E-state index is 12.7. The van der Waals surface area contributed by atoms with E-state index in [0.29, 0.717) is 12.6 Å². The number of carbonyl (C=O) groups excluding carboxylic acids is 1. The predicted octanol–water partition coefficient (Wildman–Crippen LogP) is 4.63. The lowest BCUT2D eigenvalue weighted by Crippen LogP contribution is -2.44. The van der Waals surface area contributed by atoms with Gasteiger partial charge in [0.05, 0.1) is 12.6 Å². The summed E-state index contributed by atoms with van der Waals surface area (Å²) in [5.74, 6) is 0.190. The number of carbonyl (C=O) groups is 1. The van der Waals surface area contributed by atoms with Crippen LogP contribution in [0.4, 0.5) is 0 Å². The number of aryl methyl sites for hydroxylation is 1. The third kappa shape index (κ3) is 3.83. The number of nitrogens with zero attached hydrogens (tertiary/aromatic N) is 1. The van der Waals surface area contributed by atoms with Crippen molar-refractivity contribution in [2.24, 2.45) is 0 Å². The van der Waals surface area contributed by atoms with E-state index in [4.69, 9.17) is 0 Å². The number of hydrogen-bond donors (Lipinski definition) is 1. The first kappa shape index (κ1) is 18.7. The van der Waals surface area contributed by atoms with E-state index in [1.807, 2.05) is 11.3 Å². The third-order valence-electron chi connectivity index (χ3n) is 6.15. The standard InChI is InChI=1S/C23H30N2OS/c1-3-19-16(2)27-23-20(19)13-14-25(22(23)17-9-5-4-6-10-17)15-21(26)24-18-11-7-8-12-18/h4-6,9-10,18,22H,3,7-8,11-15H2,1-2H3,(H,24,26)/t22-/m1/s1. The van der Waals surface area contributed by atoms with Gasteiger partial charge >= 0.3 is 0 Å². The van der Waals surface area contributed by atoms with E-state index < -0.39 is 0 Å². The van der Waals surface area contributed by atoms with Gasteiger partial charge in [0.25, 0.3) is 0 Å². The molecule has 144 valence electrons. The molecule has 1 aliphatic carbocycles. The van der Waals surface area contributed by atoms with Gasteiger partial charge < -0.3 is 5.32 Å². The molecule has 1 N–H and O–H groups in total. The number of nitrogens with one attached hydrogen (secondary N) is 1. The Balaban J connectivity index is 1.61. The molecule has 0 radical (unpaired) electrons. The van der Waals surface area contributed by atoms with E-state index in [9.17, 15) is 4.79 Å². The van der Waals surface area contributed by atoms with E-state index in [-0.39, 0.29) is 11.9 Å². The monoisotopic (exact) mass is 382 g/mol. The Labute approximate surface area is 166 Å². The number of benzene rings is 1. The maximum Gasteiger partial charge on any atom is 0.234 e. The zero-order valence-electron chi connectivity index (χ0n) is 16.5. The van der Waals surface area contributed by atoms with Crippen LogP contribution in [0.5, 0.6) is 0 Å². The van der Waals surface area contributed by atoms with Gasteiger partial charge in [-0.2, -0.15) is 0 Å². The van der Waals surface area contributed by atoms with Crippen LogP contribution in [0.3, 0.4) is 0 Å². The van der Waals surface area contributed by atoms with Crippen LogP contribution in [0.2, 0.25) is 0 Å². The minimum atomic E-state index is 0.190. The summed E-state index contributed by atoms with van der Waals surface area (Å²) in [6.07, 6.45) is 6.94. The molecule has 4 rings (SSSR count). The van der Waals surface area contributed by atoms with Crippen LogP contribution in [-0.4, -0.2) is 29.9 Å². The smallest absolute Gasteiger partial charge is 0.234 e. The summed E-state index contributed by atoms with van der Waals surface area (Å²) in [4.78, 5) is 18.0. The fourth-order valence-electron chi connectivity index (χ4n) is 4.85. The number of thiophene rings is 1. The summed E-state index contributed by atoms with van der Waals surface area (Å²) in [6.45, 7) is 5.96. The van der Waals surface area contributed by atoms with Crippen molar-refractivity contribution in [1.29, 1.82) is 0 Å². The van der Waals surface area contributed by atoms with Gasteiger partial charge in [0.2, 0.25) is 5.91 Å². The molecule has 4 heteroatoms. The molecule has 1 amide bonds. The predicted molar refractivity (Wildman–Crippen MR) is 112 cm³/mol. The quantitative estimate of drug-likeness (QED) is 0.818. The molecule has 1 aromatic carbocycles. The zero-order chi connectivity index (χ0) is 18.8. The second-order valence-electron chi connectivity index (χ2n) is 7.92. The van der Waals surface area contributed by atoms with Crippen LogP contribution in [0.25, 0.3) is 0 Å². The van der Waals surface area contributed by atoms with E-state index in [2.05, 4.69) is 54.4 Å². The van der Waals surface area contributed by atoms with E-state index in [0.717, 1.165) is 32.2 Å². The fraction of sp³-hybridized carbons (Fsp3) is 0.522. The Morgan fingerprint density at radius 2 is 1.96 bits per heavy atom. The molecule has 0 saturated heterocycles. The van der Waals surface area contributed by atoms with Crippen molar-refractivity contribution >= 4 is 17.2 Å². The summed E-state index contributed by atoms with van der Waals surface area (Å²) in [7, 11) is 0. The average Bonchev–Trinajstić information content (AvgIpc) is 3.28. The Hall–Kier alpha value is -1.65. The highest BCUT2D eigenvalue weighted by atomic mass is 32.1. The normalized spacial score (nSPS) is 20.6. The van der Waals surface area contributed by atoms with Crippen molar-refractivity contribution < 1.29 is 4.79 Å². The van der Waals surface area contributed by atoms with Crippen molar-refractivity contribution in [3.63, 3.8) is 0 Å². The molecular weight excluding hydrogens is 352 g/mol. The van der Waals surface area contributed by atoms with Crippen molar-refractivity contribution in [3.8, 4) is 0 Å². The van der Waals surface area contributed by atoms with Crippen LogP contribution in [0.15, 0.2) is 30.3 Å². The van der Waals surface area contributed by atoms with Gasteiger partial charge in [0, 0.05) is 22.3 Å². The second-order valence-corrected chi connectivity index (χ2v) is 9.17. The van der Waals surface area contributed by atoms with Crippen LogP contribution < -0.4 is 5.32 Å². The number of hydrogen-bond acceptors (Lipinski definition) is 3. The molecule has 2 aliphatic rings. The molecule has 1 fully saturated rings. The molecule has 27 heavy (non-hydrogen) atoms. The van der Waals surface area contributed by atoms with Crippen molar-refractivity contribution in [2.75, 3.05) is 13.1 Å². The van der Waals surface area contributed by atoms with Gasteiger partial charge in [-0.1, -0.05) is 50.1 Å². The topological polar surface area (TPSA) is 32.3 Å². The zero-order valence-corrected chi connectivity index (χ0v) is 17.3. The fourth-order valence-corrected chi connectivity index (χ4v) is 6.32. The van der Waals surface area contributed by atoms with Crippen molar-refractivity contribution in [2.45, 2.75) is 64.5 Å². The van der Waals surface area contributed by atoms with Gasteiger partial charge in [0.1, 0.15) is 0 Å². The average molecular weight is 383 g/mol. The number of fused-ring (bicyclic) bond motifs is 1. The summed E-state index contributed by atoms with van der Waals surface area (Å²) < 4.78 is 0. The minimum absolute atomic E-state index is 0.190. The highest BCUT2D eigenvalue weighted by Crippen LogP contribution is 2.42.